The maximum atomic E-state index is 13.9. The van der Waals surface area contributed by atoms with Crippen molar-refractivity contribution in [3.05, 3.63) is 95.0 Å². The van der Waals surface area contributed by atoms with Crippen LogP contribution in [0.1, 0.15) is 38.8 Å². The monoisotopic (exact) mass is 569 g/mol. The van der Waals surface area contributed by atoms with Crippen molar-refractivity contribution in [2.75, 3.05) is 17.4 Å². The number of nitrogens with zero attached hydrogens (tertiary/aromatic N) is 2. The largest absolute Gasteiger partial charge is 0.350 e. The highest BCUT2D eigenvalue weighted by Gasteiger charge is 2.33. The molecule has 0 aliphatic heterocycles. The minimum atomic E-state index is -4.14. The van der Waals surface area contributed by atoms with Crippen LogP contribution in [0.25, 0.3) is 0 Å². The topological polar surface area (TPSA) is 86.8 Å². The summed E-state index contributed by atoms with van der Waals surface area (Å²) in [6, 6.07) is 21.7. The van der Waals surface area contributed by atoms with Gasteiger partial charge >= 0.3 is 0 Å². The van der Waals surface area contributed by atoms with Crippen LogP contribution in [0.15, 0.2) is 83.8 Å². The molecule has 9 heteroatoms. The van der Waals surface area contributed by atoms with E-state index in [0.29, 0.717) is 22.7 Å². The summed E-state index contributed by atoms with van der Waals surface area (Å²) in [6.45, 7) is 8.74. The minimum absolute atomic E-state index is 0.0477. The third kappa shape index (κ3) is 8.07. The lowest BCUT2D eigenvalue weighted by atomic mass is 10.1. The Kier molecular flexibility index (Phi) is 9.80. The lowest BCUT2D eigenvalue weighted by Crippen LogP contribution is -2.55. The van der Waals surface area contributed by atoms with Gasteiger partial charge in [0.15, 0.2) is 0 Å². The maximum absolute atomic E-state index is 13.9. The average molecular weight is 570 g/mol. The number of hydrogen-bond donors (Lipinski definition) is 1. The van der Waals surface area contributed by atoms with E-state index in [2.05, 4.69) is 5.32 Å². The van der Waals surface area contributed by atoms with E-state index < -0.39 is 34.1 Å². The van der Waals surface area contributed by atoms with Crippen LogP contribution < -0.4 is 9.62 Å². The van der Waals surface area contributed by atoms with E-state index in [1.54, 1.807) is 44.2 Å². The first kappa shape index (κ1) is 30.2. The van der Waals surface area contributed by atoms with Gasteiger partial charge in [-0.05, 0) is 76.4 Å². The number of nitrogens with one attached hydrogen (secondary N) is 1. The highest BCUT2D eigenvalue weighted by atomic mass is 35.5. The van der Waals surface area contributed by atoms with Crippen molar-refractivity contribution in [2.45, 2.75) is 57.5 Å². The fourth-order valence-corrected chi connectivity index (χ4v) is 5.79. The summed E-state index contributed by atoms with van der Waals surface area (Å²) in [7, 11) is -4.14. The van der Waals surface area contributed by atoms with Crippen molar-refractivity contribution in [2.24, 2.45) is 0 Å². The summed E-state index contributed by atoms with van der Waals surface area (Å²) in [6.07, 6.45) is 0.501. The van der Waals surface area contributed by atoms with Crippen LogP contribution in [0.2, 0.25) is 5.02 Å². The first-order valence-electron chi connectivity index (χ1n) is 12.8. The lowest BCUT2D eigenvalue weighted by Gasteiger charge is -2.33. The van der Waals surface area contributed by atoms with E-state index in [9.17, 15) is 18.0 Å². The van der Waals surface area contributed by atoms with Gasteiger partial charge in [0, 0.05) is 17.1 Å². The van der Waals surface area contributed by atoms with Crippen LogP contribution in [0, 0.1) is 6.92 Å². The zero-order valence-electron chi connectivity index (χ0n) is 23.0. The molecule has 7 nitrogen and oxygen atoms in total. The fraction of sp³-hybridized carbons (Fsp3) is 0.333. The van der Waals surface area contributed by atoms with E-state index in [1.165, 1.54) is 23.1 Å². The van der Waals surface area contributed by atoms with Gasteiger partial charge in [-0.2, -0.15) is 0 Å². The number of sulfonamides is 1. The van der Waals surface area contributed by atoms with Crippen LogP contribution in [0.5, 0.6) is 0 Å². The molecule has 0 fully saturated rings. The Labute approximate surface area is 236 Å². The fourth-order valence-electron chi connectivity index (χ4n) is 4.13. The summed E-state index contributed by atoms with van der Waals surface area (Å²) >= 11 is 6.26. The molecule has 0 aliphatic carbocycles. The number of rotatable bonds is 10. The molecule has 0 heterocycles. The number of carbonyl (C=O) groups excluding carboxylic acids is 2. The smallest absolute Gasteiger partial charge is 0.264 e. The molecule has 3 aromatic rings. The zero-order chi connectivity index (χ0) is 28.8. The third-order valence-corrected chi connectivity index (χ3v) is 8.21. The molecule has 0 saturated heterocycles. The van der Waals surface area contributed by atoms with E-state index in [1.807, 2.05) is 51.1 Å². The van der Waals surface area contributed by atoms with Crippen molar-refractivity contribution in [3.63, 3.8) is 0 Å². The summed E-state index contributed by atoms with van der Waals surface area (Å²) in [5.74, 6) is -0.818. The first-order valence-corrected chi connectivity index (χ1v) is 14.6. The average Bonchev–Trinajstić information content (AvgIpc) is 2.89. The van der Waals surface area contributed by atoms with Gasteiger partial charge in [-0.3, -0.25) is 13.9 Å². The molecular formula is C30H36ClN3O4S. The van der Waals surface area contributed by atoms with Gasteiger partial charge in [0.05, 0.1) is 10.6 Å². The quantitative estimate of drug-likeness (QED) is 0.363. The van der Waals surface area contributed by atoms with Gasteiger partial charge in [-0.1, -0.05) is 66.2 Å². The predicted octanol–water partition coefficient (Wildman–Crippen LogP) is 5.22. The molecule has 1 N–H and O–H groups in total. The van der Waals surface area contributed by atoms with Crippen LogP contribution in [0.4, 0.5) is 5.69 Å². The Bertz CT molecular complexity index is 1390. The van der Waals surface area contributed by atoms with Gasteiger partial charge in [0.1, 0.15) is 12.6 Å². The van der Waals surface area contributed by atoms with Crippen LogP contribution >= 0.6 is 11.6 Å². The molecule has 3 aromatic carbocycles. The van der Waals surface area contributed by atoms with Crippen molar-refractivity contribution in [3.8, 4) is 0 Å². The molecule has 3 rings (SSSR count). The molecular weight excluding hydrogens is 534 g/mol. The normalized spacial score (nSPS) is 12.5. The molecule has 208 valence electrons. The zero-order valence-corrected chi connectivity index (χ0v) is 24.6. The minimum Gasteiger partial charge on any atom is -0.350 e. The molecule has 0 radical (unpaired) electrons. The lowest BCUT2D eigenvalue weighted by molar-refractivity contribution is -0.139. The summed E-state index contributed by atoms with van der Waals surface area (Å²) in [5, 5.41) is 3.27. The number of benzene rings is 3. The summed E-state index contributed by atoms with van der Waals surface area (Å²) in [5.41, 5.74) is 1.44. The van der Waals surface area contributed by atoms with Crippen molar-refractivity contribution in [1.82, 2.24) is 10.2 Å². The van der Waals surface area contributed by atoms with E-state index >= 15 is 0 Å². The number of halogens is 1. The molecule has 39 heavy (non-hydrogen) atoms. The number of aryl methyl sites for hydroxylation is 1. The van der Waals surface area contributed by atoms with Gasteiger partial charge in [-0.25, -0.2) is 8.42 Å². The molecule has 0 saturated carbocycles. The highest BCUT2D eigenvalue weighted by Crippen LogP contribution is 2.30. The Morgan fingerprint density at radius 1 is 0.949 bits per heavy atom. The van der Waals surface area contributed by atoms with E-state index in [-0.39, 0.29) is 17.3 Å². The van der Waals surface area contributed by atoms with E-state index in [0.717, 1.165) is 9.87 Å². The van der Waals surface area contributed by atoms with Gasteiger partial charge < -0.3 is 10.2 Å². The second kappa shape index (κ2) is 12.7. The molecule has 0 aliphatic rings. The number of anilines is 1. The molecule has 0 spiro atoms. The van der Waals surface area contributed by atoms with Crippen LogP contribution in [-0.4, -0.2) is 49.8 Å². The Hall–Kier alpha value is -3.36. The van der Waals surface area contributed by atoms with E-state index in [4.69, 9.17) is 11.6 Å². The third-order valence-electron chi connectivity index (χ3n) is 6.20. The predicted molar refractivity (Wildman–Crippen MR) is 156 cm³/mol. The van der Waals surface area contributed by atoms with Gasteiger partial charge in [0.25, 0.3) is 10.0 Å². The van der Waals surface area contributed by atoms with Gasteiger partial charge in [-0.15, -0.1) is 0 Å². The van der Waals surface area contributed by atoms with Crippen molar-refractivity contribution >= 4 is 39.1 Å². The second-order valence-electron chi connectivity index (χ2n) is 10.5. The molecule has 1 atom stereocenters. The molecule has 2 amide bonds. The number of carbonyl (C=O) groups is 2. The number of hydrogen-bond acceptors (Lipinski definition) is 4. The molecule has 0 aromatic heterocycles. The Morgan fingerprint density at radius 2 is 1.54 bits per heavy atom. The standard InChI is InChI=1S/C30H36ClN3O4S/c1-22-16-17-25(31)20-27(22)34(39(37,38)26-14-10-7-11-15-26)21-28(35)33(19-18-24-12-8-6-9-13-24)23(2)29(36)32-30(3,4)5/h6-17,20,23H,18-19,21H2,1-5H3,(H,32,36). The molecule has 1 unspecified atom stereocenters. The summed E-state index contributed by atoms with van der Waals surface area (Å²) < 4.78 is 28.8. The summed E-state index contributed by atoms with van der Waals surface area (Å²) in [4.78, 5) is 28.6. The number of amides is 2. The Balaban J connectivity index is 2.01. The first-order chi connectivity index (χ1) is 18.3. The SMILES string of the molecule is Cc1ccc(Cl)cc1N(CC(=O)N(CCc1ccccc1)C(C)C(=O)NC(C)(C)C)S(=O)(=O)c1ccccc1. The maximum Gasteiger partial charge on any atom is 0.264 e. The van der Waals surface area contributed by atoms with Crippen molar-refractivity contribution in [1.29, 1.82) is 0 Å². The van der Waals surface area contributed by atoms with Crippen molar-refractivity contribution < 1.29 is 18.0 Å². The van der Waals surface area contributed by atoms with Crippen LogP contribution in [-0.2, 0) is 26.0 Å². The van der Waals surface area contributed by atoms with Crippen LogP contribution in [0.3, 0.4) is 0 Å². The second-order valence-corrected chi connectivity index (χ2v) is 12.8. The Morgan fingerprint density at radius 3 is 2.13 bits per heavy atom. The van der Waals surface area contributed by atoms with Gasteiger partial charge in [0.2, 0.25) is 11.8 Å². The molecule has 0 bridgehead atoms. The highest BCUT2D eigenvalue weighted by molar-refractivity contribution is 7.92.